The monoisotopic (exact) mass is 288 g/mol. The third-order valence-corrected chi connectivity index (χ3v) is 5.14. The Kier molecular flexibility index (Phi) is 5.46. The van der Waals surface area contributed by atoms with E-state index in [9.17, 15) is 12.8 Å². The molecule has 0 radical (unpaired) electrons. The van der Waals surface area contributed by atoms with Gasteiger partial charge in [0.2, 0.25) is 10.0 Å². The first kappa shape index (κ1) is 16.1. The van der Waals surface area contributed by atoms with E-state index in [0.29, 0.717) is 6.54 Å². The summed E-state index contributed by atoms with van der Waals surface area (Å²) in [5.74, 6) is -0.338. The lowest BCUT2D eigenvalue weighted by Crippen LogP contribution is -2.32. The Labute approximate surface area is 114 Å². The van der Waals surface area contributed by atoms with Crippen molar-refractivity contribution < 1.29 is 12.8 Å². The minimum Gasteiger partial charge on any atom is -0.326 e. The highest BCUT2D eigenvalue weighted by Gasteiger charge is 2.25. The lowest BCUT2D eigenvalue weighted by molar-refractivity contribution is 0.393. The summed E-state index contributed by atoms with van der Waals surface area (Å²) in [5, 5.41) is 0. The van der Waals surface area contributed by atoms with Crippen LogP contribution in [0.4, 0.5) is 4.39 Å². The van der Waals surface area contributed by atoms with Gasteiger partial charge < -0.3 is 5.73 Å². The molecular formula is C13H21FN2O2S. The standard InChI is InChI=1S/C13H21FN2O2S/c1-4-10(2)9-16(3)19(17,18)13-7-5-6-12(14)11(13)8-15/h5-7,10H,4,8-9,15H2,1-3H3. The van der Waals surface area contributed by atoms with Gasteiger partial charge in [0.15, 0.2) is 0 Å². The summed E-state index contributed by atoms with van der Waals surface area (Å²) in [6.07, 6.45) is 0.882. The molecule has 0 aromatic heterocycles. The van der Waals surface area contributed by atoms with E-state index < -0.39 is 15.8 Å². The van der Waals surface area contributed by atoms with Crippen molar-refractivity contribution >= 4 is 10.0 Å². The molecule has 19 heavy (non-hydrogen) atoms. The quantitative estimate of drug-likeness (QED) is 0.870. The van der Waals surface area contributed by atoms with E-state index in [1.165, 1.54) is 29.6 Å². The zero-order chi connectivity index (χ0) is 14.6. The van der Waals surface area contributed by atoms with Crippen LogP contribution in [0.3, 0.4) is 0 Å². The molecule has 108 valence electrons. The summed E-state index contributed by atoms with van der Waals surface area (Å²) < 4.78 is 39.7. The van der Waals surface area contributed by atoms with Gasteiger partial charge in [0.05, 0.1) is 4.90 Å². The van der Waals surface area contributed by atoms with Gasteiger partial charge in [-0.25, -0.2) is 17.1 Å². The van der Waals surface area contributed by atoms with Crippen molar-refractivity contribution in [2.24, 2.45) is 11.7 Å². The van der Waals surface area contributed by atoms with Crippen molar-refractivity contribution in [1.29, 1.82) is 0 Å². The van der Waals surface area contributed by atoms with Gasteiger partial charge in [0.1, 0.15) is 5.82 Å². The third kappa shape index (κ3) is 3.52. The van der Waals surface area contributed by atoms with Crippen LogP contribution in [0.2, 0.25) is 0 Å². The number of hydrogen-bond acceptors (Lipinski definition) is 3. The van der Waals surface area contributed by atoms with Crippen molar-refractivity contribution in [2.45, 2.75) is 31.7 Å². The molecule has 0 aliphatic heterocycles. The Morgan fingerprint density at radius 3 is 2.58 bits per heavy atom. The van der Waals surface area contributed by atoms with Crippen LogP contribution in [-0.4, -0.2) is 26.3 Å². The summed E-state index contributed by atoms with van der Waals surface area (Å²) >= 11 is 0. The Hall–Kier alpha value is -0.980. The molecule has 0 heterocycles. The number of rotatable bonds is 6. The van der Waals surface area contributed by atoms with Crippen molar-refractivity contribution in [3.05, 3.63) is 29.6 Å². The smallest absolute Gasteiger partial charge is 0.243 e. The fraction of sp³-hybridized carbons (Fsp3) is 0.538. The molecule has 0 amide bonds. The van der Waals surface area contributed by atoms with Gasteiger partial charge in [-0.15, -0.1) is 0 Å². The second kappa shape index (κ2) is 6.45. The summed E-state index contributed by atoms with van der Waals surface area (Å²) in [6.45, 7) is 4.23. The molecule has 6 heteroatoms. The zero-order valence-corrected chi connectivity index (χ0v) is 12.4. The third-order valence-electron chi connectivity index (χ3n) is 3.23. The van der Waals surface area contributed by atoms with E-state index in [-0.39, 0.29) is 22.9 Å². The van der Waals surface area contributed by atoms with Gasteiger partial charge in [0, 0.05) is 25.7 Å². The normalized spacial score (nSPS) is 13.8. The van der Waals surface area contributed by atoms with Crippen LogP contribution in [0.25, 0.3) is 0 Å². The molecule has 4 nitrogen and oxygen atoms in total. The van der Waals surface area contributed by atoms with E-state index in [1.807, 2.05) is 13.8 Å². The van der Waals surface area contributed by atoms with E-state index in [4.69, 9.17) is 5.73 Å². The molecule has 1 aromatic carbocycles. The average Bonchev–Trinajstić information content (AvgIpc) is 2.37. The van der Waals surface area contributed by atoms with Crippen LogP contribution in [0.5, 0.6) is 0 Å². The predicted octanol–water partition coefficient (Wildman–Crippen LogP) is 1.95. The Bertz CT molecular complexity index is 531. The number of halogens is 1. The summed E-state index contributed by atoms with van der Waals surface area (Å²) in [7, 11) is -2.19. The number of hydrogen-bond donors (Lipinski definition) is 1. The summed E-state index contributed by atoms with van der Waals surface area (Å²) in [4.78, 5) is -0.0409. The Morgan fingerprint density at radius 2 is 2.05 bits per heavy atom. The summed E-state index contributed by atoms with van der Waals surface area (Å²) in [6, 6.07) is 4.00. The van der Waals surface area contributed by atoms with Crippen LogP contribution < -0.4 is 5.73 Å². The number of nitrogens with zero attached hydrogens (tertiary/aromatic N) is 1. The second-order valence-electron chi connectivity index (χ2n) is 4.72. The first-order chi connectivity index (χ1) is 8.84. The molecule has 0 aliphatic carbocycles. The zero-order valence-electron chi connectivity index (χ0n) is 11.6. The lowest BCUT2D eigenvalue weighted by Gasteiger charge is -2.22. The molecule has 0 saturated carbocycles. The molecule has 2 N–H and O–H groups in total. The SMILES string of the molecule is CCC(C)CN(C)S(=O)(=O)c1cccc(F)c1CN. The van der Waals surface area contributed by atoms with Crippen LogP contribution in [-0.2, 0) is 16.6 Å². The first-order valence-electron chi connectivity index (χ1n) is 6.28. The van der Waals surface area contributed by atoms with Gasteiger partial charge in [-0.2, -0.15) is 0 Å². The lowest BCUT2D eigenvalue weighted by atomic mass is 10.1. The summed E-state index contributed by atoms with van der Waals surface area (Å²) in [5.41, 5.74) is 5.49. The number of nitrogens with two attached hydrogens (primary N) is 1. The van der Waals surface area contributed by atoms with Crippen LogP contribution in [0, 0.1) is 11.7 Å². The maximum Gasteiger partial charge on any atom is 0.243 e. The topological polar surface area (TPSA) is 63.4 Å². The van der Waals surface area contributed by atoms with E-state index in [0.717, 1.165) is 6.42 Å². The molecule has 1 rings (SSSR count). The maximum absolute atomic E-state index is 13.6. The largest absolute Gasteiger partial charge is 0.326 e. The highest BCUT2D eigenvalue weighted by Crippen LogP contribution is 2.22. The fourth-order valence-electron chi connectivity index (χ4n) is 1.81. The van der Waals surface area contributed by atoms with Crippen molar-refractivity contribution in [1.82, 2.24) is 4.31 Å². The van der Waals surface area contributed by atoms with Crippen molar-refractivity contribution in [3.63, 3.8) is 0 Å². The predicted molar refractivity (Wildman–Crippen MR) is 73.6 cm³/mol. The average molecular weight is 288 g/mol. The van der Waals surface area contributed by atoms with Gasteiger partial charge in [-0.3, -0.25) is 0 Å². The van der Waals surface area contributed by atoms with Crippen LogP contribution >= 0.6 is 0 Å². The molecule has 1 atom stereocenters. The Morgan fingerprint density at radius 1 is 1.42 bits per heavy atom. The Balaban J connectivity index is 3.17. The maximum atomic E-state index is 13.6. The molecule has 0 fully saturated rings. The van der Waals surface area contributed by atoms with Gasteiger partial charge in [0.25, 0.3) is 0 Å². The van der Waals surface area contributed by atoms with E-state index in [1.54, 1.807) is 0 Å². The van der Waals surface area contributed by atoms with Crippen LogP contribution in [0.1, 0.15) is 25.8 Å². The highest BCUT2D eigenvalue weighted by molar-refractivity contribution is 7.89. The molecule has 1 unspecified atom stereocenters. The molecule has 0 bridgehead atoms. The fourth-order valence-corrected chi connectivity index (χ4v) is 3.34. The number of benzene rings is 1. The molecule has 0 spiro atoms. The van der Waals surface area contributed by atoms with Crippen molar-refractivity contribution in [2.75, 3.05) is 13.6 Å². The second-order valence-corrected chi connectivity index (χ2v) is 6.73. The van der Waals surface area contributed by atoms with Crippen LogP contribution in [0.15, 0.2) is 23.1 Å². The molecule has 1 aromatic rings. The molecule has 0 saturated heterocycles. The van der Waals surface area contributed by atoms with Crippen molar-refractivity contribution in [3.8, 4) is 0 Å². The number of sulfonamides is 1. The van der Waals surface area contributed by atoms with Gasteiger partial charge >= 0.3 is 0 Å². The first-order valence-corrected chi connectivity index (χ1v) is 7.72. The minimum absolute atomic E-state index is 0.0403. The molecular weight excluding hydrogens is 267 g/mol. The minimum atomic E-state index is -3.70. The van der Waals surface area contributed by atoms with E-state index in [2.05, 4.69) is 0 Å². The van der Waals surface area contributed by atoms with E-state index >= 15 is 0 Å². The highest BCUT2D eigenvalue weighted by atomic mass is 32.2. The molecule has 0 aliphatic rings. The van der Waals surface area contributed by atoms with Gasteiger partial charge in [-0.1, -0.05) is 26.3 Å². The van der Waals surface area contributed by atoms with Gasteiger partial charge in [-0.05, 0) is 18.1 Å².